The van der Waals surface area contributed by atoms with Crippen LogP contribution in [0.3, 0.4) is 0 Å². The van der Waals surface area contributed by atoms with Crippen molar-refractivity contribution in [3.8, 4) is 11.8 Å². The number of nitrogens with zero attached hydrogens (tertiary/aromatic N) is 1. The van der Waals surface area contributed by atoms with Crippen LogP contribution in [0.1, 0.15) is 30.5 Å². The highest BCUT2D eigenvalue weighted by atomic mass is 127. The summed E-state index contributed by atoms with van der Waals surface area (Å²) in [5.74, 6) is 0.529. The molecule has 0 radical (unpaired) electrons. The minimum absolute atomic E-state index is 0.137. The lowest BCUT2D eigenvalue weighted by Gasteiger charge is -2.28. The second kappa shape index (κ2) is 10.3. The summed E-state index contributed by atoms with van der Waals surface area (Å²) >= 11 is 2.23. The van der Waals surface area contributed by atoms with Crippen LogP contribution in [0, 0.1) is 11.3 Å². The lowest BCUT2D eigenvalue weighted by atomic mass is 9.93. The second-order valence-electron chi connectivity index (χ2n) is 8.12. The number of fused-ring (bicyclic) bond motifs is 1. The van der Waals surface area contributed by atoms with Crippen molar-refractivity contribution in [2.24, 2.45) is 0 Å². The van der Waals surface area contributed by atoms with Crippen LogP contribution in [0.15, 0.2) is 60.7 Å². The molecule has 4 nitrogen and oxygen atoms in total. The maximum Gasteiger partial charge on any atom is 0.137 e. The third-order valence-electron chi connectivity index (χ3n) is 5.08. The average Bonchev–Trinajstić information content (AvgIpc) is 2.75. The zero-order valence-corrected chi connectivity index (χ0v) is 19.5. The Bertz CT molecular complexity index is 1040. The van der Waals surface area contributed by atoms with Crippen LogP contribution in [0.25, 0.3) is 10.8 Å². The molecule has 3 aromatic carbocycles. The molecular weight excluding hydrogens is 487 g/mol. The standard InChI is InChI=1S/C25H27IN2O2/c1-25(2,13-18-10-11-19-6-3-4-7-20(19)12-18)28-16-22(29)17-30-24-9-5-8-21(14-26)23(24)15-27/h3-12,22,28-29H,13-14,16-17H2,1-2H3/t22-/m1/s1. The Morgan fingerprint density at radius 3 is 2.60 bits per heavy atom. The summed E-state index contributed by atoms with van der Waals surface area (Å²) in [6.45, 7) is 4.81. The van der Waals surface area contributed by atoms with Crippen molar-refractivity contribution >= 4 is 33.4 Å². The van der Waals surface area contributed by atoms with Gasteiger partial charge in [0.05, 0.1) is 5.56 Å². The van der Waals surface area contributed by atoms with Gasteiger partial charge in [0.2, 0.25) is 0 Å². The number of nitriles is 1. The van der Waals surface area contributed by atoms with Crippen LogP contribution >= 0.6 is 22.6 Å². The molecule has 0 unspecified atom stereocenters. The van der Waals surface area contributed by atoms with Gasteiger partial charge in [-0.1, -0.05) is 77.2 Å². The SMILES string of the molecule is CC(C)(Cc1ccc2ccccc2c1)NC[C@@H](O)COc1cccc(CI)c1C#N. The van der Waals surface area contributed by atoms with Crippen LogP contribution < -0.4 is 10.1 Å². The molecule has 30 heavy (non-hydrogen) atoms. The van der Waals surface area contributed by atoms with Gasteiger partial charge < -0.3 is 15.2 Å². The number of rotatable bonds is 9. The number of halogens is 1. The molecule has 2 N–H and O–H groups in total. The number of aliphatic hydroxyl groups is 1. The Kier molecular flexibility index (Phi) is 7.70. The van der Waals surface area contributed by atoms with Crippen molar-refractivity contribution in [2.75, 3.05) is 13.2 Å². The van der Waals surface area contributed by atoms with E-state index < -0.39 is 6.10 Å². The molecule has 0 spiro atoms. The van der Waals surface area contributed by atoms with E-state index in [0.29, 0.717) is 17.9 Å². The van der Waals surface area contributed by atoms with Gasteiger partial charge in [0.1, 0.15) is 24.5 Å². The predicted molar refractivity (Wildman–Crippen MR) is 130 cm³/mol. The number of alkyl halides is 1. The minimum atomic E-state index is -0.671. The molecule has 0 aliphatic heterocycles. The fourth-order valence-corrected chi connectivity index (χ4v) is 4.13. The number of aliphatic hydroxyl groups excluding tert-OH is 1. The number of hydrogen-bond donors (Lipinski definition) is 2. The number of nitrogens with one attached hydrogen (secondary N) is 1. The topological polar surface area (TPSA) is 65.3 Å². The summed E-state index contributed by atoms with van der Waals surface area (Å²) < 4.78 is 6.49. The van der Waals surface area contributed by atoms with E-state index in [1.165, 1.54) is 16.3 Å². The van der Waals surface area contributed by atoms with Gasteiger partial charge in [-0.05, 0) is 48.2 Å². The molecule has 5 heteroatoms. The summed E-state index contributed by atoms with van der Waals surface area (Å²) in [5, 5.41) is 25.7. The summed E-state index contributed by atoms with van der Waals surface area (Å²) in [6.07, 6.45) is 0.178. The number of benzene rings is 3. The van der Waals surface area contributed by atoms with Crippen molar-refractivity contribution in [3.63, 3.8) is 0 Å². The van der Waals surface area contributed by atoms with Crippen LogP contribution in [0.5, 0.6) is 5.75 Å². The zero-order chi connectivity index (χ0) is 21.6. The van der Waals surface area contributed by atoms with Gasteiger partial charge in [-0.3, -0.25) is 0 Å². The fraction of sp³-hybridized carbons (Fsp3) is 0.320. The number of hydrogen-bond acceptors (Lipinski definition) is 4. The highest BCUT2D eigenvalue weighted by Gasteiger charge is 2.20. The summed E-state index contributed by atoms with van der Waals surface area (Å²) in [4.78, 5) is 0. The number of ether oxygens (including phenoxy) is 1. The molecule has 0 aromatic heterocycles. The van der Waals surface area contributed by atoms with E-state index in [9.17, 15) is 10.4 Å². The molecule has 156 valence electrons. The van der Waals surface area contributed by atoms with Crippen molar-refractivity contribution in [2.45, 2.75) is 36.3 Å². The quantitative estimate of drug-likeness (QED) is 0.312. The first-order valence-corrected chi connectivity index (χ1v) is 11.6. The molecule has 3 rings (SSSR count). The summed E-state index contributed by atoms with van der Waals surface area (Å²) in [5.41, 5.74) is 2.57. The molecule has 0 saturated heterocycles. The molecule has 0 saturated carbocycles. The Balaban J connectivity index is 1.54. The van der Waals surface area contributed by atoms with E-state index >= 15 is 0 Å². The second-order valence-corrected chi connectivity index (χ2v) is 8.89. The number of β-amino-alcohol motifs (C(OH)–C–C–N with tert-alkyl or cyclic N) is 1. The molecular formula is C25H27IN2O2. The lowest BCUT2D eigenvalue weighted by Crippen LogP contribution is -2.46. The van der Waals surface area contributed by atoms with Gasteiger partial charge in [0.15, 0.2) is 0 Å². The highest BCUT2D eigenvalue weighted by Crippen LogP contribution is 2.24. The van der Waals surface area contributed by atoms with Crippen molar-refractivity contribution < 1.29 is 9.84 Å². The van der Waals surface area contributed by atoms with Gasteiger partial charge in [-0.15, -0.1) is 0 Å². The first-order valence-electron chi connectivity index (χ1n) is 10.0. The van der Waals surface area contributed by atoms with E-state index in [1.807, 2.05) is 12.1 Å². The van der Waals surface area contributed by atoms with Gasteiger partial charge in [0.25, 0.3) is 0 Å². The van der Waals surface area contributed by atoms with Gasteiger partial charge in [0, 0.05) is 16.5 Å². The van der Waals surface area contributed by atoms with Crippen LogP contribution in [-0.4, -0.2) is 29.9 Å². The molecule has 0 bridgehead atoms. The van der Waals surface area contributed by atoms with Crippen molar-refractivity contribution in [1.29, 1.82) is 5.26 Å². The van der Waals surface area contributed by atoms with E-state index in [0.717, 1.165) is 16.4 Å². The van der Waals surface area contributed by atoms with E-state index in [4.69, 9.17) is 4.74 Å². The summed E-state index contributed by atoms with van der Waals surface area (Å²) in [6, 6.07) is 22.7. The van der Waals surface area contributed by atoms with Gasteiger partial charge in [-0.2, -0.15) is 5.26 Å². The van der Waals surface area contributed by atoms with Crippen molar-refractivity contribution in [3.05, 3.63) is 77.4 Å². The van der Waals surface area contributed by atoms with Crippen LogP contribution in [0.2, 0.25) is 0 Å². The summed E-state index contributed by atoms with van der Waals surface area (Å²) in [7, 11) is 0. The maximum absolute atomic E-state index is 10.4. The first kappa shape index (κ1) is 22.5. The van der Waals surface area contributed by atoms with E-state index in [-0.39, 0.29) is 12.1 Å². The smallest absolute Gasteiger partial charge is 0.137 e. The fourth-order valence-electron chi connectivity index (χ4n) is 3.50. The molecule has 0 aliphatic rings. The largest absolute Gasteiger partial charge is 0.489 e. The molecule has 0 heterocycles. The minimum Gasteiger partial charge on any atom is -0.489 e. The average molecular weight is 514 g/mol. The lowest BCUT2D eigenvalue weighted by molar-refractivity contribution is 0.0987. The Labute approximate surface area is 192 Å². The Morgan fingerprint density at radius 2 is 1.87 bits per heavy atom. The van der Waals surface area contributed by atoms with E-state index in [1.54, 1.807) is 6.07 Å². The van der Waals surface area contributed by atoms with Crippen LogP contribution in [0.4, 0.5) is 0 Å². The molecule has 0 aliphatic carbocycles. The third-order valence-corrected chi connectivity index (χ3v) is 5.90. The monoisotopic (exact) mass is 514 g/mol. The normalized spacial score (nSPS) is 12.5. The molecule has 0 fully saturated rings. The Morgan fingerprint density at radius 1 is 1.10 bits per heavy atom. The van der Waals surface area contributed by atoms with Gasteiger partial charge in [-0.25, -0.2) is 0 Å². The highest BCUT2D eigenvalue weighted by molar-refractivity contribution is 14.1. The van der Waals surface area contributed by atoms with Gasteiger partial charge >= 0.3 is 0 Å². The molecule has 1 atom stereocenters. The first-order chi connectivity index (χ1) is 14.4. The third kappa shape index (κ3) is 5.94. The molecule has 3 aromatic rings. The molecule has 0 amide bonds. The van der Waals surface area contributed by atoms with Crippen molar-refractivity contribution in [1.82, 2.24) is 5.32 Å². The maximum atomic E-state index is 10.4. The zero-order valence-electron chi connectivity index (χ0n) is 17.4. The Hall–Kier alpha value is -2.14. The van der Waals surface area contributed by atoms with E-state index in [2.05, 4.69) is 90.3 Å². The predicted octanol–water partition coefficient (Wildman–Crippen LogP) is 5.00. The van der Waals surface area contributed by atoms with Crippen LogP contribution in [-0.2, 0) is 10.8 Å².